The zero-order valence-corrected chi connectivity index (χ0v) is 17.8. The minimum atomic E-state index is -0.648. The van der Waals surface area contributed by atoms with Crippen LogP contribution in [0.3, 0.4) is 0 Å². The fourth-order valence-corrected chi connectivity index (χ4v) is 4.64. The fourth-order valence-electron chi connectivity index (χ4n) is 3.48. The zero-order chi connectivity index (χ0) is 21.5. The van der Waals surface area contributed by atoms with Gasteiger partial charge in [-0.3, -0.25) is 14.5 Å². The van der Waals surface area contributed by atoms with Crippen molar-refractivity contribution in [2.24, 2.45) is 0 Å². The molecule has 0 aromatic heterocycles. The van der Waals surface area contributed by atoms with E-state index in [9.17, 15) is 18.4 Å². The third kappa shape index (κ3) is 5.59. The molecular formula is C23H26F2N2O2S. The van der Waals surface area contributed by atoms with E-state index < -0.39 is 17.0 Å². The number of hydrogen-bond donors (Lipinski definition) is 1. The van der Waals surface area contributed by atoms with E-state index in [1.807, 2.05) is 6.07 Å². The number of hydrogen-bond acceptors (Lipinski definition) is 3. The van der Waals surface area contributed by atoms with Crippen molar-refractivity contribution in [3.05, 3.63) is 59.7 Å². The molecule has 0 bridgehead atoms. The Bertz CT molecular complexity index is 907. The summed E-state index contributed by atoms with van der Waals surface area (Å²) in [5.41, 5.74) is 1.30. The smallest absolute Gasteiger partial charge is 0.238 e. The van der Waals surface area contributed by atoms with Gasteiger partial charge in [-0.2, -0.15) is 0 Å². The molecule has 1 fully saturated rings. The van der Waals surface area contributed by atoms with Crippen molar-refractivity contribution in [1.29, 1.82) is 0 Å². The van der Waals surface area contributed by atoms with Gasteiger partial charge in [-0.1, -0.05) is 44.7 Å². The number of amides is 2. The van der Waals surface area contributed by atoms with Crippen LogP contribution >= 0.6 is 11.8 Å². The van der Waals surface area contributed by atoms with Crippen LogP contribution in [0, 0.1) is 11.6 Å². The number of rotatable bonds is 9. The molecule has 2 aromatic carbocycles. The van der Waals surface area contributed by atoms with Crippen molar-refractivity contribution in [3.8, 4) is 0 Å². The maximum absolute atomic E-state index is 14.3. The molecule has 1 unspecified atom stereocenters. The average molecular weight is 433 g/mol. The van der Waals surface area contributed by atoms with Gasteiger partial charge in [0, 0.05) is 18.2 Å². The van der Waals surface area contributed by atoms with Crippen molar-refractivity contribution in [2.45, 2.75) is 50.8 Å². The molecule has 160 valence electrons. The highest BCUT2D eigenvalue weighted by atomic mass is 32.2. The molecule has 0 saturated carbocycles. The highest BCUT2D eigenvalue weighted by Gasteiger charge is 2.35. The largest absolute Gasteiger partial charge is 0.326 e. The summed E-state index contributed by atoms with van der Waals surface area (Å²) >= 11 is 1.34. The number of unbranched alkanes of at least 4 members (excludes halogenated alkanes) is 4. The second-order valence-electron chi connectivity index (χ2n) is 7.36. The number of carbonyl (C=O) groups is 2. The normalized spacial score (nSPS) is 16.2. The Kier molecular flexibility index (Phi) is 7.85. The van der Waals surface area contributed by atoms with Gasteiger partial charge in [0.2, 0.25) is 11.8 Å². The molecule has 1 aliphatic rings. The molecular weight excluding hydrogens is 406 g/mol. The minimum absolute atomic E-state index is 0.0492. The standard InChI is InChI=1S/C23H26F2N2O2S/c1-2-3-4-5-6-10-21(28)26-18-9-7-8-16(13-18)23-27(22(29)15-30-23)20-14-17(24)11-12-19(20)25/h7-9,11-14,23H,2-6,10,15H2,1H3,(H,26,28). The Labute approximate surface area is 180 Å². The second kappa shape index (κ2) is 10.6. The lowest BCUT2D eigenvalue weighted by Gasteiger charge is -2.25. The molecule has 2 aromatic rings. The van der Waals surface area contributed by atoms with Gasteiger partial charge in [-0.25, -0.2) is 8.78 Å². The van der Waals surface area contributed by atoms with Crippen molar-refractivity contribution >= 4 is 35.0 Å². The molecule has 30 heavy (non-hydrogen) atoms. The second-order valence-corrected chi connectivity index (χ2v) is 8.43. The maximum Gasteiger partial charge on any atom is 0.238 e. The lowest BCUT2D eigenvalue weighted by atomic mass is 10.1. The molecule has 1 saturated heterocycles. The summed E-state index contributed by atoms with van der Waals surface area (Å²) in [6.07, 6.45) is 5.84. The predicted molar refractivity (Wildman–Crippen MR) is 117 cm³/mol. The Morgan fingerprint density at radius 2 is 1.93 bits per heavy atom. The highest BCUT2D eigenvalue weighted by Crippen LogP contribution is 2.43. The Morgan fingerprint density at radius 3 is 2.73 bits per heavy atom. The van der Waals surface area contributed by atoms with Gasteiger partial charge in [-0.15, -0.1) is 11.8 Å². The van der Waals surface area contributed by atoms with Crippen LogP contribution in [0.2, 0.25) is 0 Å². The maximum atomic E-state index is 14.3. The molecule has 3 rings (SSSR count). The molecule has 0 radical (unpaired) electrons. The van der Waals surface area contributed by atoms with Gasteiger partial charge in [0.1, 0.15) is 17.0 Å². The van der Waals surface area contributed by atoms with E-state index in [1.54, 1.807) is 18.2 Å². The first kappa shape index (κ1) is 22.3. The monoisotopic (exact) mass is 432 g/mol. The molecule has 7 heteroatoms. The summed E-state index contributed by atoms with van der Waals surface area (Å²) in [5.74, 6) is -1.41. The van der Waals surface area contributed by atoms with Crippen molar-refractivity contribution in [2.75, 3.05) is 16.0 Å². The summed E-state index contributed by atoms with van der Waals surface area (Å²) in [6.45, 7) is 2.15. The van der Waals surface area contributed by atoms with E-state index in [0.29, 0.717) is 12.1 Å². The Balaban J connectivity index is 1.70. The van der Waals surface area contributed by atoms with Crippen molar-refractivity contribution < 1.29 is 18.4 Å². The van der Waals surface area contributed by atoms with Crippen LogP contribution in [0.25, 0.3) is 0 Å². The molecule has 2 amide bonds. The topological polar surface area (TPSA) is 49.4 Å². The number of halogens is 2. The van der Waals surface area contributed by atoms with Crippen molar-refractivity contribution in [3.63, 3.8) is 0 Å². The summed E-state index contributed by atoms with van der Waals surface area (Å²) in [5, 5.41) is 2.41. The van der Waals surface area contributed by atoms with Gasteiger partial charge in [-0.05, 0) is 36.2 Å². The van der Waals surface area contributed by atoms with Gasteiger partial charge >= 0.3 is 0 Å². The summed E-state index contributed by atoms with van der Waals surface area (Å²) in [7, 11) is 0. The van der Waals surface area contributed by atoms with Crippen LogP contribution in [0.15, 0.2) is 42.5 Å². The lowest BCUT2D eigenvalue weighted by Crippen LogP contribution is -2.28. The van der Waals surface area contributed by atoms with E-state index in [0.717, 1.165) is 49.4 Å². The van der Waals surface area contributed by atoms with Crippen LogP contribution in [-0.4, -0.2) is 17.6 Å². The van der Waals surface area contributed by atoms with E-state index in [4.69, 9.17) is 0 Å². The van der Waals surface area contributed by atoms with Crippen LogP contribution < -0.4 is 10.2 Å². The molecule has 0 aliphatic carbocycles. The molecule has 1 N–H and O–H groups in total. The molecule has 1 aliphatic heterocycles. The van der Waals surface area contributed by atoms with E-state index in [1.165, 1.54) is 23.1 Å². The lowest BCUT2D eigenvalue weighted by molar-refractivity contribution is -0.117. The van der Waals surface area contributed by atoms with Gasteiger partial charge in [0.15, 0.2) is 0 Å². The quantitative estimate of drug-likeness (QED) is 0.491. The number of benzene rings is 2. The van der Waals surface area contributed by atoms with Crippen LogP contribution in [-0.2, 0) is 9.59 Å². The van der Waals surface area contributed by atoms with Crippen LogP contribution in [0.1, 0.15) is 56.4 Å². The van der Waals surface area contributed by atoms with Gasteiger partial charge in [0.05, 0.1) is 11.4 Å². The molecule has 0 spiro atoms. The summed E-state index contributed by atoms with van der Waals surface area (Å²) < 4.78 is 28.0. The Morgan fingerprint density at radius 1 is 1.13 bits per heavy atom. The predicted octanol–water partition coefficient (Wildman–Crippen LogP) is 6.04. The summed E-state index contributed by atoms with van der Waals surface area (Å²) in [4.78, 5) is 25.9. The highest BCUT2D eigenvalue weighted by molar-refractivity contribution is 8.00. The zero-order valence-electron chi connectivity index (χ0n) is 17.0. The van der Waals surface area contributed by atoms with E-state index in [2.05, 4.69) is 12.2 Å². The Hall–Kier alpha value is -2.41. The average Bonchev–Trinajstić information content (AvgIpc) is 3.11. The number of anilines is 2. The third-order valence-corrected chi connectivity index (χ3v) is 6.21. The van der Waals surface area contributed by atoms with Crippen LogP contribution in [0.4, 0.5) is 20.2 Å². The number of nitrogens with one attached hydrogen (secondary N) is 1. The van der Waals surface area contributed by atoms with Crippen LogP contribution in [0.5, 0.6) is 0 Å². The van der Waals surface area contributed by atoms with E-state index in [-0.39, 0.29) is 23.3 Å². The van der Waals surface area contributed by atoms with Gasteiger partial charge in [0.25, 0.3) is 0 Å². The van der Waals surface area contributed by atoms with E-state index >= 15 is 0 Å². The molecule has 1 heterocycles. The summed E-state index contributed by atoms with van der Waals surface area (Å²) in [6, 6.07) is 10.3. The molecule has 1 atom stereocenters. The molecule has 4 nitrogen and oxygen atoms in total. The third-order valence-electron chi connectivity index (χ3n) is 5.00. The minimum Gasteiger partial charge on any atom is -0.326 e. The number of thioether (sulfide) groups is 1. The number of carbonyl (C=O) groups excluding carboxylic acids is 2. The first-order valence-electron chi connectivity index (χ1n) is 10.3. The van der Waals surface area contributed by atoms with Crippen molar-refractivity contribution in [1.82, 2.24) is 0 Å². The number of nitrogens with zero attached hydrogens (tertiary/aromatic N) is 1. The SMILES string of the molecule is CCCCCCCC(=O)Nc1cccc(C2SCC(=O)N2c2cc(F)ccc2F)c1. The fraction of sp³-hybridized carbons (Fsp3) is 0.391. The first-order valence-corrected chi connectivity index (χ1v) is 11.3. The van der Waals surface area contributed by atoms with Gasteiger partial charge < -0.3 is 5.32 Å². The first-order chi connectivity index (χ1) is 14.5.